The molecule has 0 aromatic carbocycles. The van der Waals surface area contributed by atoms with Crippen LogP contribution >= 0.6 is 0 Å². The molecule has 8 heteroatoms. The Hall–Kier alpha value is -1.96. The molecule has 0 aliphatic carbocycles. The molecule has 1 saturated heterocycles. The molecule has 1 unspecified atom stereocenters. The number of nitrogens with one attached hydrogen (secondary N) is 2. The number of aromatic amines is 1. The molecule has 1 atom stereocenters. The van der Waals surface area contributed by atoms with Crippen LogP contribution < -0.4 is 5.32 Å². The van der Waals surface area contributed by atoms with Crippen molar-refractivity contribution in [2.24, 2.45) is 11.8 Å². The second-order valence-corrected chi connectivity index (χ2v) is 7.83. The molecular weight excluding hydrogens is 332 g/mol. The maximum Gasteiger partial charge on any atom is 0.245 e. The van der Waals surface area contributed by atoms with Crippen molar-refractivity contribution in [2.75, 3.05) is 26.2 Å². The van der Waals surface area contributed by atoms with Gasteiger partial charge in [0.1, 0.15) is 11.9 Å². The first-order valence-corrected chi connectivity index (χ1v) is 9.44. The van der Waals surface area contributed by atoms with Crippen molar-refractivity contribution in [3.63, 3.8) is 0 Å². The Bertz CT molecular complexity index is 605. The highest BCUT2D eigenvalue weighted by molar-refractivity contribution is 5.88. The van der Waals surface area contributed by atoms with Gasteiger partial charge in [0, 0.05) is 32.6 Å². The fraction of sp³-hybridized carbons (Fsp3) is 0.778. The van der Waals surface area contributed by atoms with Gasteiger partial charge in [-0.25, -0.2) is 4.98 Å². The Morgan fingerprint density at radius 1 is 1.15 bits per heavy atom. The summed E-state index contributed by atoms with van der Waals surface area (Å²) >= 11 is 0. The molecule has 146 valence electrons. The molecule has 8 nitrogen and oxygen atoms in total. The lowest BCUT2D eigenvalue weighted by Crippen LogP contribution is -2.56. The third kappa shape index (κ3) is 5.79. The third-order valence-electron chi connectivity index (χ3n) is 4.54. The number of H-pyrrole nitrogens is 1. The molecule has 26 heavy (non-hydrogen) atoms. The molecule has 1 aliphatic rings. The second-order valence-electron chi connectivity index (χ2n) is 7.83. The van der Waals surface area contributed by atoms with E-state index in [1.54, 1.807) is 0 Å². The van der Waals surface area contributed by atoms with Crippen LogP contribution in [0, 0.1) is 18.8 Å². The molecule has 0 radical (unpaired) electrons. The molecule has 2 N–H and O–H groups in total. The summed E-state index contributed by atoms with van der Waals surface area (Å²) in [5.41, 5.74) is 0. The third-order valence-corrected chi connectivity index (χ3v) is 4.54. The molecule has 1 fully saturated rings. The van der Waals surface area contributed by atoms with Crippen LogP contribution in [0.3, 0.4) is 0 Å². The number of piperazine rings is 1. The normalized spacial score (nSPS) is 17.0. The second kappa shape index (κ2) is 9.12. The average molecular weight is 364 g/mol. The van der Waals surface area contributed by atoms with Crippen molar-refractivity contribution in [3.8, 4) is 0 Å². The molecule has 0 spiro atoms. The van der Waals surface area contributed by atoms with Crippen LogP contribution in [0.4, 0.5) is 0 Å². The van der Waals surface area contributed by atoms with Gasteiger partial charge in [0.05, 0.1) is 6.54 Å². The minimum Gasteiger partial charge on any atom is -0.344 e. The SMILES string of the molecule is Cc1nc(CN2CCN(C(=O)C(NC(=O)CC(C)C)C(C)C)CC2)n[nH]1. The summed E-state index contributed by atoms with van der Waals surface area (Å²) < 4.78 is 0. The molecule has 0 bridgehead atoms. The van der Waals surface area contributed by atoms with E-state index in [2.05, 4.69) is 25.4 Å². The molecular formula is C18H32N6O2. The number of aryl methyl sites for hydroxylation is 1. The largest absolute Gasteiger partial charge is 0.344 e. The first-order valence-electron chi connectivity index (χ1n) is 9.44. The van der Waals surface area contributed by atoms with Crippen LogP contribution in [0.5, 0.6) is 0 Å². The Balaban J connectivity index is 1.87. The van der Waals surface area contributed by atoms with Crippen LogP contribution in [-0.4, -0.2) is 69.0 Å². The highest BCUT2D eigenvalue weighted by Gasteiger charge is 2.30. The minimum atomic E-state index is -0.455. The molecule has 2 amide bonds. The number of hydrogen-bond acceptors (Lipinski definition) is 5. The van der Waals surface area contributed by atoms with Gasteiger partial charge in [-0.2, -0.15) is 5.10 Å². The zero-order valence-electron chi connectivity index (χ0n) is 16.6. The first-order chi connectivity index (χ1) is 12.3. The van der Waals surface area contributed by atoms with Crippen molar-refractivity contribution >= 4 is 11.8 Å². The van der Waals surface area contributed by atoms with E-state index >= 15 is 0 Å². The van der Waals surface area contributed by atoms with Gasteiger partial charge in [0.15, 0.2) is 5.82 Å². The number of rotatable bonds is 7. The van der Waals surface area contributed by atoms with Crippen LogP contribution in [0.1, 0.15) is 45.8 Å². The van der Waals surface area contributed by atoms with Crippen molar-refractivity contribution in [3.05, 3.63) is 11.6 Å². The topological polar surface area (TPSA) is 94.2 Å². The highest BCUT2D eigenvalue weighted by Crippen LogP contribution is 2.12. The van der Waals surface area contributed by atoms with Crippen molar-refractivity contribution < 1.29 is 9.59 Å². The Morgan fingerprint density at radius 3 is 2.31 bits per heavy atom. The van der Waals surface area contributed by atoms with Crippen LogP contribution in [0.2, 0.25) is 0 Å². The standard InChI is InChI=1S/C18H32N6O2/c1-12(2)10-16(25)20-17(13(3)4)18(26)24-8-6-23(7-9-24)11-15-19-14(5)21-22-15/h12-13,17H,6-11H2,1-5H3,(H,20,25)(H,19,21,22). The number of carbonyl (C=O) groups is 2. The number of amides is 2. The monoisotopic (exact) mass is 364 g/mol. The van der Waals surface area contributed by atoms with E-state index in [9.17, 15) is 9.59 Å². The van der Waals surface area contributed by atoms with E-state index in [-0.39, 0.29) is 23.7 Å². The molecule has 0 saturated carbocycles. The summed E-state index contributed by atoms with van der Waals surface area (Å²) in [6.07, 6.45) is 0.445. The van der Waals surface area contributed by atoms with Gasteiger partial charge in [0.25, 0.3) is 0 Å². The van der Waals surface area contributed by atoms with Crippen LogP contribution in [-0.2, 0) is 16.1 Å². The minimum absolute atomic E-state index is 0.0190. The predicted molar refractivity (Wildman–Crippen MR) is 99.2 cm³/mol. The van der Waals surface area contributed by atoms with Crippen molar-refractivity contribution in [1.29, 1.82) is 0 Å². The van der Waals surface area contributed by atoms with E-state index in [0.717, 1.165) is 24.7 Å². The van der Waals surface area contributed by atoms with Crippen LogP contribution in [0.25, 0.3) is 0 Å². The molecule has 1 aliphatic heterocycles. The zero-order chi connectivity index (χ0) is 19.3. The van der Waals surface area contributed by atoms with Gasteiger partial charge in [-0.05, 0) is 18.8 Å². The van der Waals surface area contributed by atoms with Gasteiger partial charge in [-0.3, -0.25) is 19.6 Å². The zero-order valence-corrected chi connectivity index (χ0v) is 16.6. The Kier molecular flexibility index (Phi) is 7.14. The molecule has 2 heterocycles. The summed E-state index contributed by atoms with van der Waals surface area (Å²) in [6.45, 7) is 13.4. The molecule has 2 rings (SSSR count). The van der Waals surface area contributed by atoms with E-state index in [1.807, 2.05) is 39.5 Å². The fourth-order valence-corrected chi connectivity index (χ4v) is 3.10. The van der Waals surface area contributed by atoms with Gasteiger partial charge < -0.3 is 10.2 Å². The van der Waals surface area contributed by atoms with Gasteiger partial charge in [-0.1, -0.05) is 27.7 Å². The number of hydrogen-bond donors (Lipinski definition) is 2. The Labute approximate surface area is 155 Å². The van der Waals surface area contributed by atoms with E-state index in [1.165, 1.54) is 0 Å². The first kappa shape index (κ1) is 20.4. The van der Waals surface area contributed by atoms with E-state index < -0.39 is 6.04 Å². The lowest BCUT2D eigenvalue weighted by molar-refractivity contribution is -0.139. The highest BCUT2D eigenvalue weighted by atomic mass is 16.2. The van der Waals surface area contributed by atoms with Crippen LogP contribution in [0.15, 0.2) is 0 Å². The number of nitrogens with zero attached hydrogens (tertiary/aromatic N) is 4. The molecule has 1 aromatic heterocycles. The lowest BCUT2D eigenvalue weighted by atomic mass is 10.0. The summed E-state index contributed by atoms with van der Waals surface area (Å²) in [6, 6.07) is -0.455. The Morgan fingerprint density at radius 2 is 1.81 bits per heavy atom. The smallest absolute Gasteiger partial charge is 0.245 e. The van der Waals surface area contributed by atoms with Gasteiger partial charge in [-0.15, -0.1) is 0 Å². The molecule has 1 aromatic rings. The van der Waals surface area contributed by atoms with Gasteiger partial charge >= 0.3 is 0 Å². The van der Waals surface area contributed by atoms with Crippen molar-refractivity contribution in [1.82, 2.24) is 30.3 Å². The predicted octanol–water partition coefficient (Wildman–Crippen LogP) is 0.944. The van der Waals surface area contributed by atoms with Crippen molar-refractivity contribution in [2.45, 2.75) is 53.6 Å². The maximum atomic E-state index is 12.9. The van der Waals surface area contributed by atoms with Gasteiger partial charge in [0.2, 0.25) is 11.8 Å². The quantitative estimate of drug-likeness (QED) is 0.751. The number of carbonyl (C=O) groups excluding carboxylic acids is 2. The number of aromatic nitrogens is 3. The van der Waals surface area contributed by atoms with E-state index in [4.69, 9.17) is 0 Å². The lowest BCUT2D eigenvalue weighted by Gasteiger charge is -2.37. The fourth-order valence-electron chi connectivity index (χ4n) is 3.10. The summed E-state index contributed by atoms with van der Waals surface area (Å²) in [7, 11) is 0. The average Bonchev–Trinajstić information content (AvgIpc) is 2.97. The summed E-state index contributed by atoms with van der Waals surface area (Å²) in [4.78, 5) is 33.4. The summed E-state index contributed by atoms with van der Waals surface area (Å²) in [5.74, 6) is 1.90. The summed E-state index contributed by atoms with van der Waals surface area (Å²) in [5, 5.41) is 9.95. The maximum absolute atomic E-state index is 12.9. The van der Waals surface area contributed by atoms with E-state index in [0.29, 0.717) is 26.1 Å².